The fraction of sp³-hybridized carbons (Fsp3) is 0.381. The number of carbonyl (C=O) groups excluding carboxylic acids is 1. The molecule has 1 N–H and O–H groups in total. The summed E-state index contributed by atoms with van der Waals surface area (Å²) in [5.41, 5.74) is 2.60. The van der Waals surface area contributed by atoms with Gasteiger partial charge in [0.25, 0.3) is 0 Å². The van der Waals surface area contributed by atoms with E-state index in [0.29, 0.717) is 5.69 Å². The fourth-order valence-electron chi connectivity index (χ4n) is 3.79. The Labute approximate surface area is 164 Å². The Hall–Kier alpha value is -3.09. The van der Waals surface area contributed by atoms with Crippen molar-refractivity contribution in [3.63, 3.8) is 0 Å². The molecule has 28 heavy (non-hydrogen) atoms. The van der Waals surface area contributed by atoms with Gasteiger partial charge in [0.15, 0.2) is 5.65 Å². The third kappa shape index (κ3) is 3.40. The van der Waals surface area contributed by atoms with Crippen molar-refractivity contribution in [3.05, 3.63) is 48.3 Å². The maximum absolute atomic E-state index is 12.9. The molecule has 2 amide bonds. The van der Waals surface area contributed by atoms with Gasteiger partial charge < -0.3 is 15.0 Å². The van der Waals surface area contributed by atoms with E-state index in [0.717, 1.165) is 41.7 Å². The molecule has 4 rings (SSSR count). The Morgan fingerprint density at radius 2 is 2.14 bits per heavy atom. The van der Waals surface area contributed by atoms with E-state index in [-0.39, 0.29) is 18.1 Å². The van der Waals surface area contributed by atoms with Crippen LogP contribution in [-0.2, 0) is 0 Å². The van der Waals surface area contributed by atoms with E-state index < -0.39 is 0 Å². The molecule has 2 aromatic heterocycles. The van der Waals surface area contributed by atoms with Crippen molar-refractivity contribution in [1.29, 1.82) is 0 Å². The minimum absolute atomic E-state index is 0.0514. The minimum atomic E-state index is -0.109. The number of likely N-dealkylation sites (tertiary alicyclic amines) is 1. The summed E-state index contributed by atoms with van der Waals surface area (Å²) in [6, 6.07) is 10.0. The average molecular weight is 379 g/mol. The van der Waals surface area contributed by atoms with Gasteiger partial charge in [0.1, 0.15) is 5.75 Å². The van der Waals surface area contributed by atoms with Crippen LogP contribution in [0.5, 0.6) is 5.75 Å². The number of ether oxygens (including phenoxy) is 1. The van der Waals surface area contributed by atoms with Gasteiger partial charge in [0.05, 0.1) is 31.2 Å². The van der Waals surface area contributed by atoms with Crippen LogP contribution in [0.1, 0.15) is 44.3 Å². The number of rotatable bonds is 4. The summed E-state index contributed by atoms with van der Waals surface area (Å²) in [5.74, 6) is 0.807. The zero-order valence-electron chi connectivity index (χ0n) is 16.4. The Morgan fingerprint density at radius 1 is 1.29 bits per heavy atom. The highest BCUT2D eigenvalue weighted by atomic mass is 16.5. The summed E-state index contributed by atoms with van der Waals surface area (Å²) in [5, 5.41) is 8.29. The van der Waals surface area contributed by atoms with E-state index in [1.54, 1.807) is 19.5 Å². The molecule has 1 aromatic carbocycles. The normalized spacial score (nSPS) is 16.7. The summed E-state index contributed by atoms with van der Waals surface area (Å²) in [6.45, 7) is 4.86. The van der Waals surface area contributed by atoms with Crippen LogP contribution in [0, 0.1) is 0 Å². The zero-order chi connectivity index (χ0) is 19.7. The van der Waals surface area contributed by atoms with E-state index in [4.69, 9.17) is 4.74 Å². The smallest absolute Gasteiger partial charge is 0.322 e. The van der Waals surface area contributed by atoms with Crippen LogP contribution in [0.25, 0.3) is 11.0 Å². The molecule has 1 aliphatic rings. The van der Waals surface area contributed by atoms with E-state index in [1.807, 2.05) is 39.9 Å². The third-order valence-electron chi connectivity index (χ3n) is 5.17. The number of hydrogen-bond acceptors (Lipinski definition) is 4. The van der Waals surface area contributed by atoms with Gasteiger partial charge in [-0.3, -0.25) is 0 Å². The number of hydrogen-bond donors (Lipinski definition) is 1. The number of benzene rings is 1. The molecular weight excluding hydrogens is 354 g/mol. The summed E-state index contributed by atoms with van der Waals surface area (Å²) in [6.07, 6.45) is 5.40. The number of carbonyl (C=O) groups is 1. The van der Waals surface area contributed by atoms with Crippen LogP contribution in [-0.4, -0.2) is 39.4 Å². The second kappa shape index (κ2) is 7.50. The van der Waals surface area contributed by atoms with Crippen LogP contribution in [0.2, 0.25) is 0 Å². The lowest BCUT2D eigenvalue weighted by molar-refractivity contribution is 0.207. The van der Waals surface area contributed by atoms with E-state index in [1.165, 1.54) is 0 Å². The van der Waals surface area contributed by atoms with Crippen LogP contribution >= 0.6 is 0 Å². The van der Waals surface area contributed by atoms with Crippen LogP contribution in [0.15, 0.2) is 42.7 Å². The van der Waals surface area contributed by atoms with E-state index >= 15 is 0 Å². The first-order valence-corrected chi connectivity index (χ1v) is 9.61. The number of methoxy groups -OCH3 is 1. The standard InChI is InChI=1S/C21H25N5O2/c1-14(2)26-20-16(12-23-26)10-17(13-22-20)24-21(27)25-9-5-8-19(25)15-6-4-7-18(11-15)28-3/h4,6-7,10-14,19H,5,8-9H2,1-3H3,(H,24,27)/t19-/m0/s1. The maximum Gasteiger partial charge on any atom is 0.322 e. The van der Waals surface area contributed by atoms with E-state index in [2.05, 4.69) is 29.2 Å². The highest BCUT2D eigenvalue weighted by Crippen LogP contribution is 2.34. The highest BCUT2D eigenvalue weighted by molar-refractivity contribution is 5.92. The largest absolute Gasteiger partial charge is 0.497 e. The number of pyridine rings is 1. The van der Waals surface area contributed by atoms with Gasteiger partial charge in [0.2, 0.25) is 0 Å². The zero-order valence-corrected chi connectivity index (χ0v) is 16.4. The molecule has 1 atom stereocenters. The monoisotopic (exact) mass is 379 g/mol. The Balaban J connectivity index is 1.53. The molecule has 0 spiro atoms. The van der Waals surface area contributed by atoms with Crippen LogP contribution in [0.3, 0.4) is 0 Å². The molecule has 1 fully saturated rings. The number of anilines is 1. The van der Waals surface area contributed by atoms with Crippen LogP contribution < -0.4 is 10.1 Å². The summed E-state index contributed by atoms with van der Waals surface area (Å²) in [4.78, 5) is 19.3. The Morgan fingerprint density at radius 3 is 2.93 bits per heavy atom. The Kier molecular flexibility index (Phi) is 4.90. The first-order valence-electron chi connectivity index (χ1n) is 9.61. The number of aromatic nitrogens is 3. The molecular formula is C21H25N5O2. The van der Waals surface area contributed by atoms with Crippen molar-refractivity contribution in [1.82, 2.24) is 19.7 Å². The third-order valence-corrected chi connectivity index (χ3v) is 5.17. The second-order valence-electron chi connectivity index (χ2n) is 7.38. The van der Waals surface area contributed by atoms with Crippen molar-refractivity contribution in [2.24, 2.45) is 0 Å². The molecule has 1 saturated heterocycles. The lowest BCUT2D eigenvalue weighted by atomic mass is 10.0. The lowest BCUT2D eigenvalue weighted by Crippen LogP contribution is -2.34. The van der Waals surface area contributed by atoms with Gasteiger partial charge in [-0.05, 0) is 50.5 Å². The van der Waals surface area contributed by atoms with Gasteiger partial charge in [-0.2, -0.15) is 5.10 Å². The van der Waals surface area contributed by atoms with Crippen molar-refractivity contribution in [2.45, 2.75) is 38.8 Å². The lowest BCUT2D eigenvalue weighted by Gasteiger charge is -2.25. The summed E-state index contributed by atoms with van der Waals surface area (Å²) >= 11 is 0. The van der Waals surface area contributed by atoms with E-state index in [9.17, 15) is 4.79 Å². The minimum Gasteiger partial charge on any atom is -0.497 e. The van der Waals surface area contributed by atoms with Gasteiger partial charge >= 0.3 is 6.03 Å². The molecule has 0 radical (unpaired) electrons. The average Bonchev–Trinajstić information content (AvgIpc) is 3.35. The number of amides is 2. The van der Waals surface area contributed by atoms with Crippen molar-refractivity contribution in [2.75, 3.05) is 19.0 Å². The molecule has 0 unspecified atom stereocenters. The number of nitrogens with one attached hydrogen (secondary N) is 1. The maximum atomic E-state index is 12.9. The Bertz CT molecular complexity index is 997. The predicted molar refractivity (Wildman–Crippen MR) is 109 cm³/mol. The SMILES string of the molecule is COc1cccc([C@@H]2CCCN2C(=O)Nc2cnc3c(cnn3C(C)C)c2)c1. The van der Waals surface area contributed by atoms with Crippen molar-refractivity contribution >= 4 is 22.8 Å². The number of fused-ring (bicyclic) bond motifs is 1. The van der Waals surface area contributed by atoms with Crippen LogP contribution in [0.4, 0.5) is 10.5 Å². The first kappa shape index (κ1) is 18.3. The quantitative estimate of drug-likeness (QED) is 0.730. The molecule has 7 heteroatoms. The van der Waals surface area contributed by atoms with Crippen molar-refractivity contribution in [3.8, 4) is 5.75 Å². The predicted octanol–water partition coefficient (Wildman–Crippen LogP) is 4.39. The molecule has 3 aromatic rings. The molecule has 0 bridgehead atoms. The van der Waals surface area contributed by atoms with Gasteiger partial charge in [-0.15, -0.1) is 0 Å². The molecule has 7 nitrogen and oxygen atoms in total. The summed E-state index contributed by atoms with van der Waals surface area (Å²) < 4.78 is 7.21. The molecule has 0 saturated carbocycles. The number of urea groups is 1. The fourth-order valence-corrected chi connectivity index (χ4v) is 3.79. The second-order valence-corrected chi connectivity index (χ2v) is 7.38. The molecule has 1 aliphatic heterocycles. The number of nitrogens with zero attached hydrogens (tertiary/aromatic N) is 4. The highest BCUT2D eigenvalue weighted by Gasteiger charge is 2.30. The van der Waals surface area contributed by atoms with Gasteiger partial charge in [0, 0.05) is 18.0 Å². The molecule has 146 valence electrons. The molecule has 0 aliphatic carbocycles. The first-order chi connectivity index (χ1) is 13.6. The van der Waals surface area contributed by atoms with Crippen molar-refractivity contribution < 1.29 is 9.53 Å². The van der Waals surface area contributed by atoms with Gasteiger partial charge in [-0.1, -0.05) is 12.1 Å². The topological polar surface area (TPSA) is 72.3 Å². The molecule has 3 heterocycles. The van der Waals surface area contributed by atoms with Gasteiger partial charge in [-0.25, -0.2) is 14.5 Å². The summed E-state index contributed by atoms with van der Waals surface area (Å²) in [7, 11) is 1.66.